The summed E-state index contributed by atoms with van der Waals surface area (Å²) in [6, 6.07) is 7.07. The highest BCUT2D eigenvalue weighted by molar-refractivity contribution is 5.66. The van der Waals surface area contributed by atoms with Crippen LogP contribution in [0.25, 0.3) is 0 Å². The molecular formula is C21H33FO2. The molecule has 0 aliphatic heterocycles. The van der Waals surface area contributed by atoms with Crippen molar-refractivity contribution in [3.05, 3.63) is 35.6 Å². The molecule has 0 saturated heterocycles. The van der Waals surface area contributed by atoms with Crippen molar-refractivity contribution in [3.8, 4) is 0 Å². The summed E-state index contributed by atoms with van der Waals surface area (Å²) in [4.78, 5) is 10.4. The molecule has 1 aromatic rings. The zero-order valence-electron chi connectivity index (χ0n) is 15.1. The maximum Gasteiger partial charge on any atom is 0.303 e. The summed E-state index contributed by atoms with van der Waals surface area (Å²) >= 11 is 0. The van der Waals surface area contributed by atoms with Crippen molar-refractivity contribution in [2.24, 2.45) is 5.92 Å². The van der Waals surface area contributed by atoms with Crippen molar-refractivity contribution in [3.63, 3.8) is 0 Å². The number of halogens is 1. The molecule has 24 heavy (non-hydrogen) atoms. The number of aliphatic carboxylic acids is 1. The Bertz CT molecular complexity index is 459. The van der Waals surface area contributed by atoms with E-state index in [0.717, 1.165) is 43.6 Å². The number of carbonyl (C=O) groups is 1. The summed E-state index contributed by atoms with van der Waals surface area (Å²) in [6.45, 7) is 2.32. The van der Waals surface area contributed by atoms with Gasteiger partial charge in [0.15, 0.2) is 0 Å². The second-order valence-electron chi connectivity index (χ2n) is 7.00. The molecule has 0 aromatic heterocycles. The molecule has 0 radical (unpaired) electrons. The SMILES string of the molecule is C[C@@H](CCCCCCC(=O)O)CCCCCCc1ccccc1F. The van der Waals surface area contributed by atoms with E-state index in [2.05, 4.69) is 6.92 Å². The number of unbranched alkanes of at least 4 members (excludes halogenated alkanes) is 6. The van der Waals surface area contributed by atoms with Gasteiger partial charge in [0.2, 0.25) is 0 Å². The maximum absolute atomic E-state index is 13.5. The first-order valence-corrected chi connectivity index (χ1v) is 9.55. The minimum atomic E-state index is -0.682. The fourth-order valence-electron chi connectivity index (χ4n) is 3.13. The van der Waals surface area contributed by atoms with Gasteiger partial charge in [0.05, 0.1) is 0 Å². The van der Waals surface area contributed by atoms with Crippen LogP contribution in [0.2, 0.25) is 0 Å². The van der Waals surface area contributed by atoms with Crippen LogP contribution in [-0.2, 0) is 11.2 Å². The Morgan fingerprint density at radius 3 is 2.17 bits per heavy atom. The normalized spacial score (nSPS) is 12.2. The molecule has 0 spiro atoms. The summed E-state index contributed by atoms with van der Waals surface area (Å²) in [5.74, 6) is 0.00360. The highest BCUT2D eigenvalue weighted by Crippen LogP contribution is 2.18. The smallest absolute Gasteiger partial charge is 0.303 e. The van der Waals surface area contributed by atoms with Crippen molar-refractivity contribution in [2.75, 3.05) is 0 Å². The number of hydrogen-bond donors (Lipinski definition) is 1. The van der Waals surface area contributed by atoms with Crippen LogP contribution >= 0.6 is 0 Å². The average Bonchev–Trinajstić information content (AvgIpc) is 2.55. The summed E-state index contributed by atoms with van der Waals surface area (Å²) in [5.41, 5.74) is 0.841. The Kier molecular flexibility index (Phi) is 11.2. The first-order chi connectivity index (χ1) is 11.6. The molecule has 3 heteroatoms. The van der Waals surface area contributed by atoms with Crippen LogP contribution in [0.1, 0.15) is 83.1 Å². The quantitative estimate of drug-likeness (QED) is 0.400. The second-order valence-corrected chi connectivity index (χ2v) is 7.00. The maximum atomic E-state index is 13.5. The molecule has 1 rings (SSSR count). The monoisotopic (exact) mass is 336 g/mol. The van der Waals surface area contributed by atoms with Gasteiger partial charge in [-0.3, -0.25) is 4.79 Å². The number of carboxylic acids is 1. The summed E-state index contributed by atoms with van der Waals surface area (Å²) in [7, 11) is 0. The van der Waals surface area contributed by atoms with Crippen molar-refractivity contribution in [2.45, 2.75) is 84.0 Å². The van der Waals surface area contributed by atoms with Crippen LogP contribution in [0.15, 0.2) is 24.3 Å². The molecule has 0 saturated carbocycles. The molecule has 2 nitrogen and oxygen atoms in total. The third-order valence-corrected chi connectivity index (χ3v) is 4.69. The fraction of sp³-hybridized carbons (Fsp3) is 0.667. The van der Waals surface area contributed by atoms with Crippen molar-refractivity contribution < 1.29 is 14.3 Å². The molecule has 0 aliphatic rings. The van der Waals surface area contributed by atoms with E-state index in [-0.39, 0.29) is 5.82 Å². The number of hydrogen-bond acceptors (Lipinski definition) is 1. The highest BCUT2D eigenvalue weighted by atomic mass is 19.1. The highest BCUT2D eigenvalue weighted by Gasteiger charge is 2.04. The van der Waals surface area contributed by atoms with E-state index in [1.54, 1.807) is 12.1 Å². The van der Waals surface area contributed by atoms with E-state index in [0.29, 0.717) is 6.42 Å². The number of carboxylic acid groups (broad SMARTS) is 1. The lowest BCUT2D eigenvalue weighted by molar-refractivity contribution is -0.137. The lowest BCUT2D eigenvalue weighted by Gasteiger charge is -2.11. The Balaban J connectivity index is 1.91. The lowest BCUT2D eigenvalue weighted by Crippen LogP contribution is -1.96. The minimum Gasteiger partial charge on any atom is -0.481 e. The largest absolute Gasteiger partial charge is 0.481 e. The van der Waals surface area contributed by atoms with E-state index < -0.39 is 5.97 Å². The van der Waals surface area contributed by atoms with Gasteiger partial charge in [-0.1, -0.05) is 76.5 Å². The van der Waals surface area contributed by atoms with Gasteiger partial charge in [-0.05, 0) is 36.8 Å². The van der Waals surface area contributed by atoms with Crippen LogP contribution in [-0.4, -0.2) is 11.1 Å². The lowest BCUT2D eigenvalue weighted by atomic mass is 9.96. The Labute approximate surface area is 146 Å². The van der Waals surface area contributed by atoms with Crippen LogP contribution in [0.4, 0.5) is 4.39 Å². The number of rotatable bonds is 14. The molecule has 0 unspecified atom stereocenters. The zero-order valence-corrected chi connectivity index (χ0v) is 15.1. The molecule has 0 fully saturated rings. The molecule has 0 aliphatic carbocycles. The van der Waals surface area contributed by atoms with Gasteiger partial charge >= 0.3 is 5.97 Å². The molecular weight excluding hydrogens is 303 g/mol. The standard InChI is InChI=1S/C21H33FO2/c1-18(13-7-3-5-9-17-21(23)24)12-6-2-4-8-14-19-15-10-11-16-20(19)22/h10-11,15-16,18H,2-9,12-14,17H2,1H3,(H,23,24)/t18-/m1/s1. The van der Waals surface area contributed by atoms with Crippen LogP contribution in [0, 0.1) is 11.7 Å². The summed E-state index contributed by atoms with van der Waals surface area (Å²) in [6.07, 6.45) is 12.6. The summed E-state index contributed by atoms with van der Waals surface area (Å²) < 4.78 is 13.5. The van der Waals surface area contributed by atoms with Crippen molar-refractivity contribution >= 4 is 5.97 Å². The summed E-state index contributed by atoms with van der Waals surface area (Å²) in [5, 5.41) is 8.58. The molecule has 0 heterocycles. The first-order valence-electron chi connectivity index (χ1n) is 9.55. The minimum absolute atomic E-state index is 0.0746. The van der Waals surface area contributed by atoms with E-state index >= 15 is 0 Å². The molecule has 0 amide bonds. The molecule has 0 bridgehead atoms. The number of benzene rings is 1. The Hall–Kier alpha value is -1.38. The Morgan fingerprint density at radius 2 is 1.54 bits per heavy atom. The first kappa shape index (κ1) is 20.7. The van der Waals surface area contributed by atoms with Gasteiger partial charge in [-0.2, -0.15) is 0 Å². The molecule has 136 valence electrons. The average molecular weight is 336 g/mol. The second kappa shape index (κ2) is 13.0. The van der Waals surface area contributed by atoms with E-state index in [1.165, 1.54) is 38.5 Å². The van der Waals surface area contributed by atoms with Gasteiger partial charge in [-0.25, -0.2) is 4.39 Å². The van der Waals surface area contributed by atoms with Gasteiger partial charge in [0.1, 0.15) is 5.82 Å². The van der Waals surface area contributed by atoms with Crippen LogP contribution < -0.4 is 0 Å². The van der Waals surface area contributed by atoms with Gasteiger partial charge in [0, 0.05) is 6.42 Å². The predicted molar refractivity (Wildman–Crippen MR) is 97.7 cm³/mol. The number of aryl methyl sites for hydroxylation is 1. The predicted octanol–water partition coefficient (Wildman–Crippen LogP) is 6.38. The van der Waals surface area contributed by atoms with E-state index in [1.807, 2.05) is 12.1 Å². The topological polar surface area (TPSA) is 37.3 Å². The third kappa shape index (κ3) is 10.4. The zero-order chi connectivity index (χ0) is 17.6. The van der Waals surface area contributed by atoms with Crippen molar-refractivity contribution in [1.29, 1.82) is 0 Å². The van der Waals surface area contributed by atoms with Gasteiger partial charge in [-0.15, -0.1) is 0 Å². The van der Waals surface area contributed by atoms with Crippen molar-refractivity contribution in [1.82, 2.24) is 0 Å². The van der Waals surface area contributed by atoms with E-state index in [4.69, 9.17) is 5.11 Å². The van der Waals surface area contributed by atoms with E-state index in [9.17, 15) is 9.18 Å². The third-order valence-electron chi connectivity index (χ3n) is 4.69. The molecule has 1 N–H and O–H groups in total. The Morgan fingerprint density at radius 1 is 0.958 bits per heavy atom. The molecule has 1 aromatic carbocycles. The van der Waals surface area contributed by atoms with Crippen LogP contribution in [0.5, 0.6) is 0 Å². The van der Waals surface area contributed by atoms with Crippen LogP contribution in [0.3, 0.4) is 0 Å². The molecule has 1 atom stereocenters. The van der Waals surface area contributed by atoms with Gasteiger partial charge in [0.25, 0.3) is 0 Å². The van der Waals surface area contributed by atoms with Gasteiger partial charge < -0.3 is 5.11 Å². The fourth-order valence-corrected chi connectivity index (χ4v) is 3.13.